The number of amides is 1. The van der Waals surface area contributed by atoms with Crippen LogP contribution in [0.4, 0.5) is 11.6 Å². The van der Waals surface area contributed by atoms with Crippen LogP contribution in [0.25, 0.3) is 11.4 Å². The maximum absolute atomic E-state index is 12.3. The van der Waals surface area contributed by atoms with Gasteiger partial charge in [-0.15, -0.1) is 0 Å². The molecule has 0 atom stereocenters. The molecule has 4 aromatic rings. The molecule has 0 radical (unpaired) electrons. The third-order valence-corrected chi connectivity index (χ3v) is 4.20. The number of hydrogen-bond donors (Lipinski definition) is 2. The van der Waals surface area contributed by atoms with Crippen molar-refractivity contribution in [3.8, 4) is 11.4 Å². The molecule has 1 aromatic carbocycles. The van der Waals surface area contributed by atoms with E-state index in [2.05, 4.69) is 30.8 Å². The molecule has 0 unspecified atom stereocenters. The van der Waals surface area contributed by atoms with Gasteiger partial charge in [-0.1, -0.05) is 30.3 Å². The molecule has 0 aliphatic heterocycles. The number of anilines is 2. The van der Waals surface area contributed by atoms with Crippen LogP contribution >= 0.6 is 0 Å². The van der Waals surface area contributed by atoms with Gasteiger partial charge in [0.15, 0.2) is 11.6 Å². The minimum absolute atomic E-state index is 0.0667. The van der Waals surface area contributed by atoms with Crippen LogP contribution in [0.15, 0.2) is 67.3 Å². The van der Waals surface area contributed by atoms with E-state index < -0.39 is 0 Å². The zero-order valence-corrected chi connectivity index (χ0v) is 15.9. The highest BCUT2D eigenvalue weighted by atomic mass is 16.2. The van der Waals surface area contributed by atoms with Gasteiger partial charge in [0.2, 0.25) is 5.91 Å². The lowest BCUT2D eigenvalue weighted by atomic mass is 10.2. The normalized spacial score (nSPS) is 10.7. The van der Waals surface area contributed by atoms with Gasteiger partial charge in [0, 0.05) is 31.7 Å². The fraction of sp³-hybridized carbons (Fsp3) is 0.150. The molecule has 1 amide bonds. The molecule has 0 bridgehead atoms. The largest absolute Gasteiger partial charge is 0.373 e. The summed E-state index contributed by atoms with van der Waals surface area (Å²) in [5.74, 6) is 1.55. The smallest absolute Gasteiger partial charge is 0.247 e. The van der Waals surface area contributed by atoms with E-state index in [-0.39, 0.29) is 12.5 Å². The summed E-state index contributed by atoms with van der Waals surface area (Å²) in [6, 6.07) is 13.6. The molecule has 0 aliphatic carbocycles. The Kier molecular flexibility index (Phi) is 5.28. The fourth-order valence-corrected chi connectivity index (χ4v) is 2.82. The van der Waals surface area contributed by atoms with Crippen molar-refractivity contribution in [3.63, 3.8) is 0 Å². The summed E-state index contributed by atoms with van der Waals surface area (Å²) in [6.07, 6.45) is 6.88. The first-order chi connectivity index (χ1) is 14.2. The highest BCUT2D eigenvalue weighted by molar-refractivity contribution is 5.89. The second-order valence-electron chi connectivity index (χ2n) is 6.37. The number of rotatable bonds is 7. The van der Waals surface area contributed by atoms with E-state index >= 15 is 0 Å². The molecule has 0 saturated heterocycles. The van der Waals surface area contributed by atoms with E-state index in [0.717, 1.165) is 11.1 Å². The maximum Gasteiger partial charge on any atom is 0.247 e. The quantitative estimate of drug-likeness (QED) is 0.503. The highest BCUT2D eigenvalue weighted by Gasteiger charge is 2.10. The molecule has 9 nitrogen and oxygen atoms in total. The molecule has 0 spiro atoms. The van der Waals surface area contributed by atoms with Crippen LogP contribution in [-0.2, 0) is 17.9 Å². The van der Waals surface area contributed by atoms with Gasteiger partial charge in [-0.05, 0) is 11.6 Å². The van der Waals surface area contributed by atoms with Crippen molar-refractivity contribution in [2.75, 3.05) is 17.7 Å². The van der Waals surface area contributed by atoms with Crippen LogP contribution in [0.5, 0.6) is 0 Å². The molecule has 2 N–H and O–H groups in total. The summed E-state index contributed by atoms with van der Waals surface area (Å²) in [4.78, 5) is 20.9. The Morgan fingerprint density at radius 2 is 1.93 bits per heavy atom. The first-order valence-electron chi connectivity index (χ1n) is 9.10. The number of benzene rings is 1. The molecule has 3 heterocycles. The molecule has 0 saturated carbocycles. The Balaban J connectivity index is 1.36. The SMILES string of the molecule is CNc1ccnc(-c2cnn(CC(=O)Nc3ccn(Cc4ccccc4)n3)c2)n1. The van der Waals surface area contributed by atoms with Gasteiger partial charge in [-0.3, -0.25) is 14.2 Å². The lowest BCUT2D eigenvalue weighted by Gasteiger charge is -2.03. The second-order valence-corrected chi connectivity index (χ2v) is 6.37. The second kappa shape index (κ2) is 8.34. The number of nitrogens with zero attached hydrogens (tertiary/aromatic N) is 6. The Hall–Kier alpha value is -4.01. The lowest BCUT2D eigenvalue weighted by molar-refractivity contribution is -0.116. The fourth-order valence-electron chi connectivity index (χ4n) is 2.82. The van der Waals surface area contributed by atoms with E-state index in [4.69, 9.17) is 0 Å². The van der Waals surface area contributed by atoms with Gasteiger partial charge in [0.05, 0.1) is 18.3 Å². The van der Waals surface area contributed by atoms with Crippen LogP contribution in [0.3, 0.4) is 0 Å². The number of hydrogen-bond acceptors (Lipinski definition) is 6. The van der Waals surface area contributed by atoms with E-state index in [1.165, 1.54) is 0 Å². The molecular formula is C20H20N8O. The van der Waals surface area contributed by atoms with Gasteiger partial charge < -0.3 is 10.6 Å². The van der Waals surface area contributed by atoms with Gasteiger partial charge in [-0.25, -0.2) is 9.97 Å². The van der Waals surface area contributed by atoms with Crippen molar-refractivity contribution in [1.29, 1.82) is 0 Å². The number of nitrogens with one attached hydrogen (secondary N) is 2. The topological polar surface area (TPSA) is 103 Å². The van der Waals surface area contributed by atoms with Gasteiger partial charge in [-0.2, -0.15) is 10.2 Å². The molecule has 9 heteroatoms. The van der Waals surface area contributed by atoms with E-state index in [1.807, 2.05) is 36.5 Å². The Morgan fingerprint density at radius 3 is 2.76 bits per heavy atom. The zero-order chi connectivity index (χ0) is 20.1. The highest BCUT2D eigenvalue weighted by Crippen LogP contribution is 2.15. The minimum atomic E-state index is -0.213. The van der Waals surface area contributed by atoms with Gasteiger partial charge in [0.25, 0.3) is 0 Å². The summed E-state index contributed by atoms with van der Waals surface area (Å²) in [5, 5.41) is 14.4. The molecule has 3 aromatic heterocycles. The molecule has 0 aliphatic rings. The van der Waals surface area contributed by atoms with Crippen LogP contribution in [0.2, 0.25) is 0 Å². The van der Waals surface area contributed by atoms with Crippen LogP contribution in [0.1, 0.15) is 5.56 Å². The summed E-state index contributed by atoms with van der Waals surface area (Å²) in [5.41, 5.74) is 1.88. The first kappa shape index (κ1) is 18.4. The molecular weight excluding hydrogens is 368 g/mol. The third-order valence-electron chi connectivity index (χ3n) is 4.20. The standard InChI is InChI=1S/C20H20N8O/c1-21-17-7-9-22-20(25-17)16-11-23-28(13-16)14-19(29)24-18-8-10-27(26-18)12-15-5-3-2-4-6-15/h2-11,13H,12,14H2,1H3,(H,21,22,25)(H,24,26,29). The molecule has 29 heavy (non-hydrogen) atoms. The first-order valence-corrected chi connectivity index (χ1v) is 9.10. The molecule has 0 fully saturated rings. The van der Waals surface area contributed by atoms with Crippen molar-refractivity contribution < 1.29 is 4.79 Å². The van der Waals surface area contributed by atoms with Crippen molar-refractivity contribution in [1.82, 2.24) is 29.5 Å². The van der Waals surface area contributed by atoms with E-state index in [9.17, 15) is 4.79 Å². The molecule has 146 valence electrons. The summed E-state index contributed by atoms with van der Waals surface area (Å²) in [7, 11) is 1.79. The Labute approximate surface area is 167 Å². The van der Waals surface area contributed by atoms with Gasteiger partial charge >= 0.3 is 0 Å². The van der Waals surface area contributed by atoms with Gasteiger partial charge in [0.1, 0.15) is 12.4 Å². The van der Waals surface area contributed by atoms with Crippen molar-refractivity contribution in [2.24, 2.45) is 0 Å². The minimum Gasteiger partial charge on any atom is -0.373 e. The zero-order valence-electron chi connectivity index (χ0n) is 15.9. The summed E-state index contributed by atoms with van der Waals surface area (Å²) < 4.78 is 3.32. The number of carbonyl (C=O) groups is 1. The average molecular weight is 388 g/mol. The predicted octanol–water partition coefficient (Wildman–Crippen LogP) is 2.27. The molecule has 4 rings (SSSR count). The lowest BCUT2D eigenvalue weighted by Crippen LogP contribution is -2.19. The average Bonchev–Trinajstić information content (AvgIpc) is 3.38. The third kappa shape index (κ3) is 4.64. The maximum atomic E-state index is 12.3. The van der Waals surface area contributed by atoms with E-state index in [1.54, 1.807) is 47.1 Å². The number of carbonyl (C=O) groups excluding carboxylic acids is 1. The summed E-state index contributed by atoms with van der Waals surface area (Å²) >= 11 is 0. The van der Waals surface area contributed by atoms with Crippen LogP contribution in [0, 0.1) is 0 Å². The van der Waals surface area contributed by atoms with E-state index in [0.29, 0.717) is 24.0 Å². The predicted molar refractivity (Wildman–Crippen MR) is 109 cm³/mol. The van der Waals surface area contributed by atoms with Crippen molar-refractivity contribution in [3.05, 3.63) is 72.8 Å². The van der Waals surface area contributed by atoms with Crippen LogP contribution in [-0.4, -0.2) is 42.5 Å². The Bertz CT molecular complexity index is 1100. The van der Waals surface area contributed by atoms with Crippen molar-refractivity contribution in [2.45, 2.75) is 13.1 Å². The van der Waals surface area contributed by atoms with Crippen LogP contribution < -0.4 is 10.6 Å². The Morgan fingerprint density at radius 1 is 1.07 bits per heavy atom. The summed E-state index contributed by atoms with van der Waals surface area (Å²) in [6.45, 7) is 0.710. The monoisotopic (exact) mass is 388 g/mol. The number of aromatic nitrogens is 6. The van der Waals surface area contributed by atoms with Crippen molar-refractivity contribution >= 4 is 17.5 Å².